The van der Waals surface area contributed by atoms with Crippen LogP contribution in [-0.4, -0.2) is 32.1 Å². The van der Waals surface area contributed by atoms with Crippen LogP contribution in [-0.2, 0) is 10.2 Å². The van der Waals surface area contributed by atoms with Crippen LogP contribution >= 0.6 is 0 Å². The van der Waals surface area contributed by atoms with Gasteiger partial charge in [-0.3, -0.25) is 4.79 Å². The van der Waals surface area contributed by atoms with E-state index < -0.39 is 0 Å². The fraction of sp³-hybridized carbons (Fsp3) is 0.562. The molecule has 1 saturated heterocycles. The van der Waals surface area contributed by atoms with Gasteiger partial charge in [0.1, 0.15) is 5.75 Å². The predicted molar refractivity (Wildman–Crippen MR) is 77.9 cm³/mol. The van der Waals surface area contributed by atoms with Crippen molar-refractivity contribution >= 4 is 5.91 Å². The molecule has 0 radical (unpaired) electrons. The van der Waals surface area contributed by atoms with Crippen LogP contribution in [0.15, 0.2) is 24.3 Å². The van der Waals surface area contributed by atoms with Gasteiger partial charge in [0.25, 0.3) is 0 Å². The zero-order chi connectivity index (χ0) is 14.0. The molecule has 2 N–H and O–H groups in total. The molecular formula is C16H22N2O2. The Balaban J connectivity index is 1.76. The summed E-state index contributed by atoms with van der Waals surface area (Å²) in [6.45, 7) is 1.99. The Bertz CT molecular complexity index is 491. The summed E-state index contributed by atoms with van der Waals surface area (Å²) in [6, 6.07) is 8.20. The van der Waals surface area contributed by atoms with Gasteiger partial charge >= 0.3 is 0 Å². The minimum Gasteiger partial charge on any atom is -0.496 e. The van der Waals surface area contributed by atoms with Crippen LogP contribution in [0.25, 0.3) is 0 Å². The molecule has 0 aromatic heterocycles. The summed E-state index contributed by atoms with van der Waals surface area (Å²) in [4.78, 5) is 12.7. The monoisotopic (exact) mass is 274 g/mol. The number of nitrogens with one attached hydrogen (secondary N) is 2. The molecule has 1 saturated carbocycles. The molecule has 0 unspecified atom stereocenters. The lowest BCUT2D eigenvalue weighted by Crippen LogP contribution is -2.46. The lowest BCUT2D eigenvalue weighted by atomic mass is 9.93. The van der Waals surface area contributed by atoms with Crippen molar-refractivity contribution in [3.05, 3.63) is 29.8 Å². The van der Waals surface area contributed by atoms with Gasteiger partial charge in [0.15, 0.2) is 0 Å². The number of para-hydroxylation sites is 1. The molecule has 0 atom stereocenters. The number of methoxy groups -OCH3 is 1. The van der Waals surface area contributed by atoms with Gasteiger partial charge in [0.2, 0.25) is 5.91 Å². The van der Waals surface area contributed by atoms with E-state index in [0.29, 0.717) is 6.04 Å². The molecule has 0 spiro atoms. The Morgan fingerprint density at radius 2 is 2.00 bits per heavy atom. The van der Waals surface area contributed by atoms with Gasteiger partial charge in [-0.1, -0.05) is 18.2 Å². The topological polar surface area (TPSA) is 50.4 Å². The zero-order valence-corrected chi connectivity index (χ0v) is 11.9. The Labute approximate surface area is 119 Å². The van der Waals surface area contributed by atoms with Gasteiger partial charge in [-0.05, 0) is 44.8 Å². The number of hydrogen-bond acceptors (Lipinski definition) is 3. The fourth-order valence-corrected chi connectivity index (χ4v) is 3.07. The first-order valence-corrected chi connectivity index (χ1v) is 7.41. The first-order valence-electron chi connectivity index (χ1n) is 7.41. The molecule has 108 valence electrons. The molecule has 1 aromatic rings. The van der Waals surface area contributed by atoms with Crippen molar-refractivity contribution in [2.24, 2.45) is 0 Å². The highest BCUT2D eigenvalue weighted by Gasteiger charge is 2.53. The van der Waals surface area contributed by atoms with Crippen molar-refractivity contribution in [3.8, 4) is 5.75 Å². The molecule has 1 aliphatic heterocycles. The maximum Gasteiger partial charge on any atom is 0.231 e. The molecule has 2 aliphatic rings. The van der Waals surface area contributed by atoms with E-state index in [1.54, 1.807) is 7.11 Å². The Morgan fingerprint density at radius 3 is 2.65 bits per heavy atom. The van der Waals surface area contributed by atoms with Crippen LogP contribution in [0, 0.1) is 0 Å². The third-order valence-electron chi connectivity index (χ3n) is 4.48. The van der Waals surface area contributed by atoms with E-state index in [9.17, 15) is 4.79 Å². The molecular weight excluding hydrogens is 252 g/mol. The third-order valence-corrected chi connectivity index (χ3v) is 4.48. The Kier molecular flexibility index (Phi) is 3.66. The highest BCUT2D eigenvalue weighted by atomic mass is 16.5. The van der Waals surface area contributed by atoms with Gasteiger partial charge in [-0.25, -0.2) is 0 Å². The number of rotatable bonds is 4. The average molecular weight is 274 g/mol. The standard InChI is InChI=1S/C16H22N2O2/c1-20-14-5-3-2-4-13(14)16(8-9-16)15(19)18-12-6-10-17-11-7-12/h2-5,12,17H,6-11H2,1H3,(H,18,19). The average Bonchev–Trinajstić information content (AvgIpc) is 3.30. The third kappa shape index (κ3) is 2.40. The van der Waals surface area contributed by atoms with E-state index in [4.69, 9.17) is 4.74 Å². The van der Waals surface area contributed by atoms with Gasteiger partial charge in [0.05, 0.1) is 12.5 Å². The van der Waals surface area contributed by atoms with Gasteiger partial charge in [-0.15, -0.1) is 0 Å². The van der Waals surface area contributed by atoms with Crippen molar-refractivity contribution < 1.29 is 9.53 Å². The van der Waals surface area contributed by atoms with Gasteiger partial charge in [-0.2, -0.15) is 0 Å². The predicted octanol–water partition coefficient (Wildman–Crippen LogP) is 1.59. The minimum absolute atomic E-state index is 0.175. The second-order valence-electron chi connectivity index (χ2n) is 5.78. The second-order valence-corrected chi connectivity index (χ2v) is 5.78. The Hall–Kier alpha value is -1.55. The van der Waals surface area contributed by atoms with E-state index in [1.165, 1.54) is 0 Å². The van der Waals surface area contributed by atoms with E-state index in [2.05, 4.69) is 10.6 Å². The molecule has 3 rings (SSSR count). The molecule has 1 amide bonds. The van der Waals surface area contributed by atoms with Crippen LogP contribution < -0.4 is 15.4 Å². The van der Waals surface area contributed by atoms with Crippen LogP contribution in [0.2, 0.25) is 0 Å². The number of piperidine rings is 1. The van der Waals surface area contributed by atoms with Crippen molar-refractivity contribution in [1.29, 1.82) is 0 Å². The van der Waals surface area contributed by atoms with Crippen LogP contribution in [0.4, 0.5) is 0 Å². The summed E-state index contributed by atoms with van der Waals surface area (Å²) >= 11 is 0. The molecule has 1 aliphatic carbocycles. The highest BCUT2D eigenvalue weighted by molar-refractivity contribution is 5.92. The number of amides is 1. The quantitative estimate of drug-likeness (QED) is 0.877. The van der Waals surface area contributed by atoms with Crippen molar-refractivity contribution in [2.45, 2.75) is 37.1 Å². The maximum atomic E-state index is 12.7. The first kappa shape index (κ1) is 13.4. The number of carbonyl (C=O) groups excluding carboxylic acids is 1. The molecule has 4 nitrogen and oxygen atoms in total. The maximum absolute atomic E-state index is 12.7. The molecule has 0 bridgehead atoms. The van der Waals surface area contributed by atoms with Crippen molar-refractivity contribution in [3.63, 3.8) is 0 Å². The molecule has 1 heterocycles. The van der Waals surface area contributed by atoms with E-state index in [0.717, 1.165) is 50.1 Å². The number of carbonyl (C=O) groups is 1. The summed E-state index contributed by atoms with van der Waals surface area (Å²) in [5.74, 6) is 0.999. The fourth-order valence-electron chi connectivity index (χ4n) is 3.07. The summed E-state index contributed by atoms with van der Waals surface area (Å²) in [7, 11) is 1.67. The number of ether oxygens (including phenoxy) is 1. The summed E-state index contributed by atoms with van der Waals surface area (Å²) < 4.78 is 5.42. The number of hydrogen-bond donors (Lipinski definition) is 2. The molecule has 4 heteroatoms. The lowest BCUT2D eigenvalue weighted by Gasteiger charge is -2.26. The van der Waals surface area contributed by atoms with Gasteiger partial charge in [0, 0.05) is 11.6 Å². The minimum atomic E-state index is -0.350. The molecule has 20 heavy (non-hydrogen) atoms. The SMILES string of the molecule is COc1ccccc1C1(C(=O)NC2CCNCC2)CC1. The number of benzene rings is 1. The van der Waals surface area contributed by atoms with Crippen molar-refractivity contribution in [2.75, 3.05) is 20.2 Å². The smallest absolute Gasteiger partial charge is 0.231 e. The molecule has 2 fully saturated rings. The van der Waals surface area contributed by atoms with Gasteiger partial charge < -0.3 is 15.4 Å². The van der Waals surface area contributed by atoms with E-state index in [1.807, 2.05) is 24.3 Å². The van der Waals surface area contributed by atoms with E-state index in [-0.39, 0.29) is 11.3 Å². The highest BCUT2D eigenvalue weighted by Crippen LogP contribution is 2.51. The van der Waals surface area contributed by atoms with Crippen molar-refractivity contribution in [1.82, 2.24) is 10.6 Å². The van der Waals surface area contributed by atoms with E-state index >= 15 is 0 Å². The van der Waals surface area contributed by atoms with Crippen LogP contribution in [0.1, 0.15) is 31.2 Å². The summed E-state index contributed by atoms with van der Waals surface area (Å²) in [6.07, 6.45) is 3.88. The summed E-state index contributed by atoms with van der Waals surface area (Å²) in [5.41, 5.74) is 0.686. The molecule has 1 aromatic carbocycles. The Morgan fingerprint density at radius 1 is 1.30 bits per heavy atom. The summed E-state index contributed by atoms with van der Waals surface area (Å²) in [5, 5.41) is 6.56. The second kappa shape index (κ2) is 5.44. The largest absolute Gasteiger partial charge is 0.496 e. The van der Waals surface area contributed by atoms with Crippen LogP contribution in [0.3, 0.4) is 0 Å². The lowest BCUT2D eigenvalue weighted by molar-refractivity contribution is -0.124. The van der Waals surface area contributed by atoms with Crippen LogP contribution in [0.5, 0.6) is 5.75 Å². The normalized spacial score (nSPS) is 21.2. The first-order chi connectivity index (χ1) is 9.76. The zero-order valence-electron chi connectivity index (χ0n) is 11.9.